The van der Waals surface area contributed by atoms with E-state index in [9.17, 15) is 9.67 Å². The van der Waals surface area contributed by atoms with Gasteiger partial charge in [0.1, 0.15) is 6.10 Å². The van der Waals surface area contributed by atoms with Gasteiger partial charge in [-0.2, -0.15) is 0 Å². The largest absolute Gasteiger partial charge is 0.478 e. The third-order valence-electron chi connectivity index (χ3n) is 2.28. The molecule has 6 nitrogen and oxygen atoms in total. The quantitative estimate of drug-likeness (QED) is 0.703. The fourth-order valence-corrected chi connectivity index (χ4v) is 3.10. The summed E-state index contributed by atoms with van der Waals surface area (Å²) in [5.74, 6) is 0. The number of aliphatic hydroxyl groups excluding tert-OH is 2. The molecule has 0 aromatic rings. The molecule has 0 unspecified atom stereocenters. The SMILES string of the molecule is CCOP(=O)(OCC)C1=CC[C@H](O)[C@@H](CO)O1. The van der Waals surface area contributed by atoms with Crippen LogP contribution in [0.3, 0.4) is 0 Å². The van der Waals surface area contributed by atoms with Gasteiger partial charge in [0.25, 0.3) is 0 Å². The second-order valence-electron chi connectivity index (χ2n) is 3.52. The Bertz CT molecular complexity index is 306. The standard InChI is InChI=1S/C10H19O6P/c1-3-14-17(13,15-4-2)10-6-5-8(12)9(7-11)16-10/h6,8-9,11-12H,3-5,7H2,1-2H3/t8-,9+/m0/s1. The van der Waals surface area contributed by atoms with E-state index in [-0.39, 0.29) is 31.7 Å². The molecule has 1 aliphatic heterocycles. The summed E-state index contributed by atoms with van der Waals surface area (Å²) in [5.41, 5.74) is 0.0746. The van der Waals surface area contributed by atoms with Crippen LogP contribution < -0.4 is 0 Å². The molecule has 0 aromatic heterocycles. The molecular formula is C10H19O6P. The molecule has 1 rings (SSSR count). The lowest BCUT2D eigenvalue weighted by Crippen LogP contribution is -2.34. The number of hydrogen-bond acceptors (Lipinski definition) is 6. The Balaban J connectivity index is 2.85. The zero-order valence-electron chi connectivity index (χ0n) is 10.0. The van der Waals surface area contributed by atoms with E-state index in [4.69, 9.17) is 18.9 Å². The van der Waals surface area contributed by atoms with Crippen LogP contribution in [0.25, 0.3) is 0 Å². The molecule has 2 N–H and O–H groups in total. The van der Waals surface area contributed by atoms with Crippen LogP contribution in [0, 0.1) is 0 Å². The highest BCUT2D eigenvalue weighted by Gasteiger charge is 2.37. The molecule has 0 saturated carbocycles. The minimum absolute atomic E-state index is 0.0746. The smallest absolute Gasteiger partial charge is 0.395 e. The van der Waals surface area contributed by atoms with Gasteiger partial charge in [-0.25, -0.2) is 0 Å². The third-order valence-corrected chi connectivity index (χ3v) is 4.31. The van der Waals surface area contributed by atoms with E-state index in [1.807, 2.05) is 0 Å². The van der Waals surface area contributed by atoms with E-state index in [0.717, 1.165) is 0 Å². The lowest BCUT2D eigenvalue weighted by molar-refractivity contribution is -0.0397. The molecule has 1 aliphatic rings. The zero-order chi connectivity index (χ0) is 12.9. The molecule has 100 valence electrons. The summed E-state index contributed by atoms with van der Waals surface area (Å²) in [6, 6.07) is 0. The molecule has 0 saturated heterocycles. The Morgan fingerprint density at radius 3 is 2.53 bits per heavy atom. The van der Waals surface area contributed by atoms with E-state index in [2.05, 4.69) is 0 Å². The Morgan fingerprint density at radius 1 is 1.47 bits per heavy atom. The van der Waals surface area contributed by atoms with Gasteiger partial charge in [-0.05, 0) is 26.3 Å². The minimum atomic E-state index is -3.46. The summed E-state index contributed by atoms with van der Waals surface area (Å²) in [6.45, 7) is 3.51. The molecule has 0 fully saturated rings. The van der Waals surface area contributed by atoms with Crippen LogP contribution in [0.4, 0.5) is 0 Å². The topological polar surface area (TPSA) is 85.2 Å². The highest BCUT2D eigenvalue weighted by atomic mass is 31.2. The lowest BCUT2D eigenvalue weighted by Gasteiger charge is -2.30. The highest BCUT2D eigenvalue weighted by molar-refractivity contribution is 7.58. The van der Waals surface area contributed by atoms with Crippen LogP contribution in [0.15, 0.2) is 11.6 Å². The van der Waals surface area contributed by atoms with Crippen molar-refractivity contribution in [1.29, 1.82) is 0 Å². The summed E-state index contributed by atoms with van der Waals surface area (Å²) in [5, 5.41) is 18.5. The first kappa shape index (κ1) is 14.7. The maximum absolute atomic E-state index is 12.3. The van der Waals surface area contributed by atoms with E-state index in [1.54, 1.807) is 13.8 Å². The predicted octanol–water partition coefficient (Wildman–Crippen LogP) is 1.24. The first-order valence-corrected chi connectivity index (χ1v) is 7.17. The fourth-order valence-electron chi connectivity index (χ4n) is 1.49. The second kappa shape index (κ2) is 6.52. The van der Waals surface area contributed by atoms with Gasteiger partial charge in [0.2, 0.25) is 5.50 Å². The maximum Gasteiger partial charge on any atom is 0.395 e. The minimum Gasteiger partial charge on any atom is -0.478 e. The van der Waals surface area contributed by atoms with Crippen LogP contribution in [0.2, 0.25) is 0 Å². The molecule has 0 aliphatic carbocycles. The van der Waals surface area contributed by atoms with Crippen molar-refractivity contribution in [2.45, 2.75) is 32.5 Å². The molecule has 0 amide bonds. The Labute approximate surface area is 101 Å². The van der Waals surface area contributed by atoms with Gasteiger partial charge in [0.15, 0.2) is 0 Å². The first-order chi connectivity index (χ1) is 8.07. The van der Waals surface area contributed by atoms with E-state index < -0.39 is 19.8 Å². The van der Waals surface area contributed by atoms with Gasteiger partial charge >= 0.3 is 7.60 Å². The second-order valence-corrected chi connectivity index (χ2v) is 5.47. The summed E-state index contributed by atoms with van der Waals surface area (Å²) in [4.78, 5) is 0. The number of aliphatic hydroxyl groups is 2. The van der Waals surface area contributed by atoms with Crippen LogP contribution in [-0.2, 0) is 18.3 Å². The first-order valence-electron chi connectivity index (χ1n) is 5.62. The summed E-state index contributed by atoms with van der Waals surface area (Å²) in [6.07, 6.45) is 0.151. The van der Waals surface area contributed by atoms with Crippen LogP contribution in [0.1, 0.15) is 20.3 Å². The van der Waals surface area contributed by atoms with Crippen molar-refractivity contribution in [3.8, 4) is 0 Å². The molecule has 2 atom stereocenters. The van der Waals surface area contributed by atoms with Crippen molar-refractivity contribution in [1.82, 2.24) is 0 Å². The molecule has 17 heavy (non-hydrogen) atoms. The number of hydrogen-bond donors (Lipinski definition) is 2. The van der Waals surface area contributed by atoms with E-state index in [0.29, 0.717) is 0 Å². The van der Waals surface area contributed by atoms with Gasteiger partial charge in [-0.15, -0.1) is 0 Å². The highest BCUT2D eigenvalue weighted by Crippen LogP contribution is 2.57. The number of rotatable bonds is 6. The summed E-state index contributed by atoms with van der Waals surface area (Å²) >= 11 is 0. The summed E-state index contributed by atoms with van der Waals surface area (Å²) < 4.78 is 27.8. The van der Waals surface area contributed by atoms with E-state index >= 15 is 0 Å². The van der Waals surface area contributed by atoms with Gasteiger partial charge in [-0.1, -0.05) is 0 Å². The monoisotopic (exact) mass is 266 g/mol. The van der Waals surface area contributed by atoms with Crippen LogP contribution in [-0.4, -0.2) is 42.2 Å². The molecule has 0 bridgehead atoms. The molecular weight excluding hydrogens is 247 g/mol. The number of ether oxygens (including phenoxy) is 1. The van der Waals surface area contributed by atoms with E-state index in [1.165, 1.54) is 6.08 Å². The van der Waals surface area contributed by atoms with Gasteiger partial charge < -0.3 is 24.0 Å². The fraction of sp³-hybridized carbons (Fsp3) is 0.800. The molecule has 7 heteroatoms. The molecule has 1 heterocycles. The molecule has 0 radical (unpaired) electrons. The van der Waals surface area contributed by atoms with Crippen molar-refractivity contribution in [2.75, 3.05) is 19.8 Å². The van der Waals surface area contributed by atoms with Crippen molar-refractivity contribution >= 4 is 7.60 Å². The Kier molecular flexibility index (Phi) is 5.62. The van der Waals surface area contributed by atoms with Crippen LogP contribution >= 0.6 is 7.60 Å². The average molecular weight is 266 g/mol. The predicted molar refractivity (Wildman–Crippen MR) is 61.5 cm³/mol. The van der Waals surface area contributed by atoms with Crippen molar-refractivity contribution in [3.63, 3.8) is 0 Å². The maximum atomic E-state index is 12.3. The van der Waals surface area contributed by atoms with Gasteiger partial charge in [0.05, 0.1) is 25.9 Å². The molecule has 0 spiro atoms. The average Bonchev–Trinajstić information content (AvgIpc) is 2.30. The third kappa shape index (κ3) is 3.53. The molecule has 0 aromatic carbocycles. The van der Waals surface area contributed by atoms with Gasteiger partial charge in [-0.3, -0.25) is 4.57 Å². The van der Waals surface area contributed by atoms with Crippen molar-refractivity contribution in [3.05, 3.63) is 11.6 Å². The zero-order valence-corrected chi connectivity index (χ0v) is 10.9. The Morgan fingerprint density at radius 2 is 2.06 bits per heavy atom. The lowest BCUT2D eigenvalue weighted by atomic mass is 10.1. The van der Waals surface area contributed by atoms with Crippen molar-refractivity contribution < 1.29 is 28.6 Å². The van der Waals surface area contributed by atoms with Crippen LogP contribution in [0.5, 0.6) is 0 Å². The Hall–Kier alpha value is -0.390. The van der Waals surface area contributed by atoms with Gasteiger partial charge in [0, 0.05) is 0 Å². The van der Waals surface area contributed by atoms with Crippen molar-refractivity contribution in [2.24, 2.45) is 0 Å². The summed E-state index contributed by atoms with van der Waals surface area (Å²) in [7, 11) is -3.46. The normalized spacial score (nSPS) is 25.3.